The van der Waals surface area contributed by atoms with Gasteiger partial charge in [-0.3, -0.25) is 4.79 Å². The van der Waals surface area contributed by atoms with Crippen LogP contribution in [-0.2, 0) is 14.8 Å². The normalized spacial score (nSPS) is 19.0. The van der Waals surface area contributed by atoms with Gasteiger partial charge in [-0.1, -0.05) is 12.8 Å². The Balaban J connectivity index is 1.58. The van der Waals surface area contributed by atoms with Crippen LogP contribution >= 0.6 is 12.2 Å². The zero-order valence-electron chi connectivity index (χ0n) is 14.0. The van der Waals surface area contributed by atoms with Crippen molar-refractivity contribution >= 4 is 38.9 Å². The van der Waals surface area contributed by atoms with E-state index in [2.05, 4.69) is 10.6 Å². The second-order valence-electron chi connectivity index (χ2n) is 6.56. The van der Waals surface area contributed by atoms with E-state index in [-0.39, 0.29) is 21.8 Å². The van der Waals surface area contributed by atoms with E-state index in [1.165, 1.54) is 4.31 Å². The van der Waals surface area contributed by atoms with Crippen LogP contribution in [0.5, 0.6) is 0 Å². The van der Waals surface area contributed by atoms with Crippen LogP contribution in [0.4, 0.5) is 5.69 Å². The molecule has 6 nitrogen and oxygen atoms in total. The van der Waals surface area contributed by atoms with Gasteiger partial charge in [-0.25, -0.2) is 8.42 Å². The van der Waals surface area contributed by atoms with Gasteiger partial charge in [0.15, 0.2) is 5.11 Å². The number of carbonyl (C=O) groups is 1. The average Bonchev–Trinajstić information content (AvgIpc) is 3.29. The van der Waals surface area contributed by atoms with Crippen LogP contribution in [0.25, 0.3) is 0 Å². The van der Waals surface area contributed by atoms with Crippen LogP contribution in [0.3, 0.4) is 0 Å². The van der Waals surface area contributed by atoms with Crippen molar-refractivity contribution in [2.24, 2.45) is 5.92 Å². The molecule has 1 saturated heterocycles. The molecule has 1 heterocycles. The first-order valence-electron chi connectivity index (χ1n) is 8.69. The summed E-state index contributed by atoms with van der Waals surface area (Å²) in [6.07, 6.45) is 5.83. The smallest absolute Gasteiger partial charge is 0.243 e. The summed E-state index contributed by atoms with van der Waals surface area (Å²) in [6.45, 7) is 1.17. The first-order chi connectivity index (χ1) is 12.0. The predicted molar refractivity (Wildman–Crippen MR) is 101 cm³/mol. The number of amides is 1. The van der Waals surface area contributed by atoms with E-state index in [0.29, 0.717) is 18.8 Å². The Bertz CT molecular complexity index is 735. The molecule has 2 fully saturated rings. The molecule has 0 atom stereocenters. The van der Waals surface area contributed by atoms with Crippen LogP contribution in [0.1, 0.15) is 38.5 Å². The summed E-state index contributed by atoms with van der Waals surface area (Å²) in [5.41, 5.74) is 0.650. The van der Waals surface area contributed by atoms with Gasteiger partial charge in [0.05, 0.1) is 4.90 Å². The molecule has 0 radical (unpaired) electrons. The highest BCUT2D eigenvalue weighted by Crippen LogP contribution is 2.25. The number of carbonyl (C=O) groups excluding carboxylic acids is 1. The minimum absolute atomic E-state index is 0.0387. The Morgan fingerprint density at radius 1 is 1.04 bits per heavy atom. The van der Waals surface area contributed by atoms with E-state index >= 15 is 0 Å². The van der Waals surface area contributed by atoms with Gasteiger partial charge < -0.3 is 10.6 Å². The summed E-state index contributed by atoms with van der Waals surface area (Å²) in [6, 6.07) is 6.46. The molecule has 1 amide bonds. The standard InChI is InChI=1S/C17H23N3O3S2/c21-16(13-5-1-2-6-13)19-17(24)18-14-7-9-15(10-8-14)25(22,23)20-11-3-4-12-20/h7-10,13H,1-6,11-12H2,(H2,18,19,21,24). The molecule has 3 rings (SSSR count). The second-order valence-corrected chi connectivity index (χ2v) is 8.91. The zero-order chi connectivity index (χ0) is 17.9. The SMILES string of the molecule is O=C(NC(=S)Nc1ccc(S(=O)(=O)N2CCCC2)cc1)C1CCCC1. The molecule has 8 heteroatoms. The third kappa shape index (κ3) is 4.37. The highest BCUT2D eigenvalue weighted by atomic mass is 32.2. The maximum atomic E-state index is 12.5. The molecule has 25 heavy (non-hydrogen) atoms. The third-order valence-corrected chi connectivity index (χ3v) is 6.89. The second kappa shape index (κ2) is 7.80. The Labute approximate surface area is 154 Å². The number of nitrogens with zero attached hydrogens (tertiary/aromatic N) is 1. The van der Waals surface area contributed by atoms with Gasteiger partial charge >= 0.3 is 0 Å². The number of rotatable bonds is 4. The molecule has 1 saturated carbocycles. The molecule has 0 unspecified atom stereocenters. The van der Waals surface area contributed by atoms with Gasteiger partial charge in [-0.15, -0.1) is 0 Å². The molecular weight excluding hydrogens is 358 g/mol. The lowest BCUT2D eigenvalue weighted by molar-refractivity contribution is -0.123. The molecule has 0 spiro atoms. The fourth-order valence-corrected chi connectivity index (χ4v) is 5.09. The van der Waals surface area contributed by atoms with Crippen molar-refractivity contribution < 1.29 is 13.2 Å². The topological polar surface area (TPSA) is 78.5 Å². The van der Waals surface area contributed by atoms with Crippen molar-refractivity contribution in [3.05, 3.63) is 24.3 Å². The van der Waals surface area contributed by atoms with Gasteiger partial charge in [-0.2, -0.15) is 4.31 Å². The minimum atomic E-state index is -3.41. The number of benzene rings is 1. The Morgan fingerprint density at radius 2 is 1.64 bits per heavy atom. The number of nitrogens with one attached hydrogen (secondary N) is 2. The summed E-state index contributed by atoms with van der Waals surface area (Å²) >= 11 is 5.17. The molecule has 1 aromatic carbocycles. The maximum absolute atomic E-state index is 12.5. The molecule has 1 aromatic rings. The third-order valence-electron chi connectivity index (χ3n) is 4.78. The quantitative estimate of drug-likeness (QED) is 0.784. The molecule has 1 aliphatic carbocycles. The highest BCUT2D eigenvalue weighted by Gasteiger charge is 2.27. The number of anilines is 1. The van der Waals surface area contributed by atoms with Crippen molar-refractivity contribution in [1.82, 2.24) is 9.62 Å². The average molecular weight is 382 g/mol. The number of hydrogen-bond donors (Lipinski definition) is 2. The Hall–Kier alpha value is -1.51. The van der Waals surface area contributed by atoms with E-state index in [9.17, 15) is 13.2 Å². The maximum Gasteiger partial charge on any atom is 0.243 e. The van der Waals surface area contributed by atoms with Gasteiger partial charge in [0.25, 0.3) is 0 Å². The van der Waals surface area contributed by atoms with Crippen LogP contribution in [0, 0.1) is 5.92 Å². The minimum Gasteiger partial charge on any atom is -0.332 e. The summed E-state index contributed by atoms with van der Waals surface area (Å²) in [4.78, 5) is 12.3. The highest BCUT2D eigenvalue weighted by molar-refractivity contribution is 7.89. The number of hydrogen-bond acceptors (Lipinski definition) is 4. The first-order valence-corrected chi connectivity index (χ1v) is 10.5. The lowest BCUT2D eigenvalue weighted by atomic mass is 10.1. The summed E-state index contributed by atoms with van der Waals surface area (Å²) < 4.78 is 26.5. The lowest BCUT2D eigenvalue weighted by Gasteiger charge is -2.16. The van der Waals surface area contributed by atoms with Gasteiger partial charge in [-0.05, 0) is 62.2 Å². The van der Waals surface area contributed by atoms with E-state index in [4.69, 9.17) is 12.2 Å². The van der Waals surface area contributed by atoms with Crippen molar-refractivity contribution in [2.45, 2.75) is 43.4 Å². The van der Waals surface area contributed by atoms with Crippen LogP contribution in [-0.4, -0.2) is 36.8 Å². The first kappa shape index (κ1) is 18.3. The monoisotopic (exact) mass is 381 g/mol. The number of sulfonamides is 1. The van der Waals surface area contributed by atoms with Crippen molar-refractivity contribution in [1.29, 1.82) is 0 Å². The molecule has 136 valence electrons. The van der Waals surface area contributed by atoms with Crippen molar-refractivity contribution in [2.75, 3.05) is 18.4 Å². The molecular formula is C17H23N3O3S2. The summed E-state index contributed by atoms with van der Waals surface area (Å²) in [5, 5.41) is 5.89. The lowest BCUT2D eigenvalue weighted by Crippen LogP contribution is -2.37. The van der Waals surface area contributed by atoms with E-state index in [1.807, 2.05) is 0 Å². The molecule has 2 N–H and O–H groups in total. The molecule has 1 aliphatic heterocycles. The molecule has 0 bridgehead atoms. The summed E-state index contributed by atoms with van der Waals surface area (Å²) in [7, 11) is -3.41. The fourth-order valence-electron chi connectivity index (χ4n) is 3.35. The van der Waals surface area contributed by atoms with Gasteiger partial charge in [0, 0.05) is 24.7 Å². The van der Waals surface area contributed by atoms with Crippen LogP contribution in [0.15, 0.2) is 29.2 Å². The summed E-state index contributed by atoms with van der Waals surface area (Å²) in [5.74, 6) is 0.0101. The number of thiocarbonyl (C=S) groups is 1. The largest absolute Gasteiger partial charge is 0.332 e. The Morgan fingerprint density at radius 3 is 2.24 bits per heavy atom. The molecule has 0 aromatic heterocycles. The van der Waals surface area contributed by atoms with E-state index in [1.54, 1.807) is 24.3 Å². The van der Waals surface area contributed by atoms with Gasteiger partial charge in [0.1, 0.15) is 0 Å². The van der Waals surface area contributed by atoms with E-state index < -0.39 is 10.0 Å². The van der Waals surface area contributed by atoms with Crippen molar-refractivity contribution in [3.8, 4) is 0 Å². The van der Waals surface area contributed by atoms with Gasteiger partial charge in [0.2, 0.25) is 15.9 Å². The van der Waals surface area contributed by atoms with Crippen LogP contribution in [0.2, 0.25) is 0 Å². The molecule has 2 aliphatic rings. The zero-order valence-corrected chi connectivity index (χ0v) is 15.7. The fraction of sp³-hybridized carbons (Fsp3) is 0.529. The predicted octanol–water partition coefficient (Wildman–Crippen LogP) is 2.47. The van der Waals surface area contributed by atoms with Crippen molar-refractivity contribution in [3.63, 3.8) is 0 Å². The Kier molecular flexibility index (Phi) is 5.71. The van der Waals surface area contributed by atoms with Crippen LogP contribution < -0.4 is 10.6 Å². The van der Waals surface area contributed by atoms with E-state index in [0.717, 1.165) is 38.5 Å².